The summed E-state index contributed by atoms with van der Waals surface area (Å²) in [4.78, 5) is 24.3. The van der Waals surface area contributed by atoms with Crippen molar-refractivity contribution in [2.75, 3.05) is 18.4 Å². The van der Waals surface area contributed by atoms with Gasteiger partial charge in [-0.25, -0.2) is 0 Å². The Labute approximate surface area is 269 Å². The number of phenols is 2. The van der Waals surface area contributed by atoms with E-state index in [1.54, 1.807) is 24.3 Å². The van der Waals surface area contributed by atoms with Gasteiger partial charge in [-0.05, 0) is 91.5 Å². The van der Waals surface area contributed by atoms with Crippen LogP contribution >= 0.6 is 0 Å². The van der Waals surface area contributed by atoms with Crippen LogP contribution in [0, 0.1) is 0 Å². The van der Waals surface area contributed by atoms with E-state index in [0.717, 1.165) is 16.7 Å². The first kappa shape index (κ1) is 35.8. The summed E-state index contributed by atoms with van der Waals surface area (Å²) >= 11 is 0. The molecule has 0 aliphatic rings. The van der Waals surface area contributed by atoms with Crippen LogP contribution in [-0.4, -0.2) is 49.5 Å². The van der Waals surface area contributed by atoms with Gasteiger partial charge in [0, 0.05) is 29.6 Å². The van der Waals surface area contributed by atoms with Gasteiger partial charge in [0.1, 0.15) is 11.5 Å². The van der Waals surface area contributed by atoms with E-state index in [2.05, 4.69) is 77.5 Å². The second kappa shape index (κ2) is 14.2. The molecule has 3 rings (SSSR count). The van der Waals surface area contributed by atoms with Crippen molar-refractivity contribution in [3.8, 4) is 11.5 Å². The maximum absolute atomic E-state index is 13.2. The van der Waals surface area contributed by atoms with Crippen LogP contribution in [0.2, 0.25) is 18.1 Å². The van der Waals surface area contributed by atoms with Crippen LogP contribution in [-0.2, 0) is 21.1 Å². The van der Waals surface area contributed by atoms with Crippen LogP contribution in [0.4, 0.5) is 5.69 Å². The number of phenolic OH excluding ortho intramolecular Hbond substituents is 2. The molecular weight excluding hydrogens is 582 g/mol. The third-order valence-electron chi connectivity index (χ3n) is 8.79. The number of carbonyl (C=O) groups excluding carboxylic acids is 2. The van der Waals surface area contributed by atoms with E-state index in [4.69, 9.17) is 4.43 Å². The van der Waals surface area contributed by atoms with Crippen molar-refractivity contribution in [1.82, 2.24) is 10.6 Å². The fourth-order valence-corrected chi connectivity index (χ4v) is 6.16. The average molecular weight is 634 g/mol. The number of benzene rings is 3. The number of nitrogens with one attached hydrogen (secondary N) is 3. The van der Waals surface area contributed by atoms with E-state index in [0.29, 0.717) is 37.2 Å². The number of amides is 2. The molecule has 244 valence electrons. The lowest BCUT2D eigenvalue weighted by atomic mass is 9.84. The van der Waals surface area contributed by atoms with Gasteiger partial charge in [0.2, 0.25) is 6.41 Å². The first-order valence-corrected chi connectivity index (χ1v) is 18.4. The van der Waals surface area contributed by atoms with Crippen molar-refractivity contribution in [3.63, 3.8) is 0 Å². The molecule has 45 heavy (non-hydrogen) atoms. The number of rotatable bonds is 14. The molecule has 0 bridgehead atoms. The van der Waals surface area contributed by atoms with Gasteiger partial charge in [-0.1, -0.05) is 65.0 Å². The summed E-state index contributed by atoms with van der Waals surface area (Å²) in [6.07, 6.45) is 0.912. The zero-order valence-electron chi connectivity index (χ0n) is 28.2. The smallest absolute Gasteiger partial charge is 0.251 e. The van der Waals surface area contributed by atoms with E-state index in [9.17, 15) is 19.8 Å². The van der Waals surface area contributed by atoms with Crippen LogP contribution in [0.1, 0.15) is 81.6 Å². The average Bonchev–Trinajstić information content (AvgIpc) is 2.95. The number of hydrogen-bond acceptors (Lipinski definition) is 6. The summed E-state index contributed by atoms with van der Waals surface area (Å²) in [6, 6.07) is 20.0. The summed E-state index contributed by atoms with van der Waals surface area (Å²) in [6.45, 7) is 20.3. The molecule has 0 saturated heterocycles. The molecule has 0 spiro atoms. The molecular formula is C36H51N3O5Si. The van der Waals surface area contributed by atoms with Crippen molar-refractivity contribution in [1.29, 1.82) is 0 Å². The highest BCUT2D eigenvalue weighted by atomic mass is 28.4. The molecule has 1 atom stereocenters. The molecule has 0 heterocycles. The van der Waals surface area contributed by atoms with Crippen LogP contribution in [0.25, 0.3) is 0 Å². The van der Waals surface area contributed by atoms with Crippen molar-refractivity contribution < 1.29 is 24.2 Å². The highest BCUT2D eigenvalue weighted by molar-refractivity contribution is 6.74. The maximum atomic E-state index is 13.2. The molecule has 3 aromatic carbocycles. The Morgan fingerprint density at radius 3 is 2.22 bits per heavy atom. The second-order valence-corrected chi connectivity index (χ2v) is 19.4. The Morgan fingerprint density at radius 1 is 0.933 bits per heavy atom. The molecule has 0 aliphatic heterocycles. The summed E-state index contributed by atoms with van der Waals surface area (Å²) in [5, 5.41) is 29.2. The zero-order chi connectivity index (χ0) is 33.6. The third-order valence-corrected chi connectivity index (χ3v) is 13.3. The van der Waals surface area contributed by atoms with Crippen LogP contribution in [0.15, 0.2) is 66.7 Å². The number of anilines is 1. The number of carbonyl (C=O) groups is 2. The highest BCUT2D eigenvalue weighted by Crippen LogP contribution is 2.40. The van der Waals surface area contributed by atoms with E-state index in [-0.39, 0.29) is 39.5 Å². The third kappa shape index (κ3) is 9.91. The zero-order valence-corrected chi connectivity index (χ0v) is 29.2. The Hall–Kier alpha value is -3.66. The molecule has 0 radical (unpaired) electrons. The lowest BCUT2D eigenvalue weighted by Crippen LogP contribution is -2.47. The van der Waals surface area contributed by atoms with Gasteiger partial charge in [-0.15, -0.1) is 0 Å². The molecule has 8 nitrogen and oxygen atoms in total. The Balaban J connectivity index is 1.73. The van der Waals surface area contributed by atoms with Crippen LogP contribution < -0.4 is 16.0 Å². The summed E-state index contributed by atoms with van der Waals surface area (Å²) in [5.41, 5.74) is 3.21. The van der Waals surface area contributed by atoms with Crippen molar-refractivity contribution in [2.45, 2.75) is 90.1 Å². The number of hydrogen-bond donors (Lipinski definition) is 5. The largest absolute Gasteiger partial charge is 0.508 e. The van der Waals surface area contributed by atoms with Gasteiger partial charge in [-0.3, -0.25) is 9.59 Å². The van der Waals surface area contributed by atoms with Crippen molar-refractivity contribution in [3.05, 3.63) is 89.0 Å². The first-order valence-electron chi connectivity index (χ1n) is 15.5. The molecule has 3 aromatic rings. The minimum atomic E-state index is -2.18. The number of aromatic hydroxyl groups is 2. The molecule has 0 unspecified atom stereocenters. The van der Waals surface area contributed by atoms with Crippen molar-refractivity contribution in [2.24, 2.45) is 0 Å². The summed E-state index contributed by atoms with van der Waals surface area (Å²) in [5.74, 6) is 0.0789. The van der Waals surface area contributed by atoms with Gasteiger partial charge < -0.3 is 30.6 Å². The monoisotopic (exact) mass is 633 g/mol. The standard InChI is InChI=1S/C36H51N3O5Si/c1-34(2,3)45(8,9)44-32(26-13-18-31(42)30(20-26)38-24-40)22-39-36(6,7)21-25-11-10-12-27(19-25)33(43)37-23-35(4,5)28-14-16-29(41)17-15-28/h10-20,24,32,39,41-42H,21-23H2,1-9H3,(H,37,43)(H,38,40)/t32-/m0/s1. The van der Waals surface area contributed by atoms with Crippen LogP contribution in [0.5, 0.6) is 11.5 Å². The normalized spacial score (nSPS) is 13.3. The van der Waals surface area contributed by atoms with Crippen molar-refractivity contribution >= 4 is 26.3 Å². The Bertz CT molecular complexity index is 1460. The van der Waals surface area contributed by atoms with Crippen LogP contribution in [0.3, 0.4) is 0 Å². The minimum absolute atomic E-state index is 0.00180. The molecule has 2 amide bonds. The van der Waals surface area contributed by atoms with E-state index >= 15 is 0 Å². The maximum Gasteiger partial charge on any atom is 0.251 e. The molecule has 0 saturated carbocycles. The van der Waals surface area contributed by atoms with Gasteiger partial charge >= 0.3 is 0 Å². The predicted molar refractivity (Wildman–Crippen MR) is 185 cm³/mol. The molecule has 0 aliphatic carbocycles. The van der Waals surface area contributed by atoms with E-state index in [1.807, 2.05) is 42.5 Å². The lowest BCUT2D eigenvalue weighted by Gasteiger charge is -2.40. The Kier molecular flexibility index (Phi) is 11.3. The lowest BCUT2D eigenvalue weighted by molar-refractivity contribution is -0.105. The molecule has 9 heteroatoms. The molecule has 0 fully saturated rings. The Morgan fingerprint density at radius 2 is 1.60 bits per heavy atom. The first-order chi connectivity index (χ1) is 20.8. The SMILES string of the molecule is CC(C)(Cc1cccc(C(=O)NCC(C)(C)c2ccc(O)cc2)c1)NC[C@H](O[Si](C)(C)C(C)(C)C)c1ccc(O)c(NC=O)c1. The molecule has 5 N–H and O–H groups in total. The summed E-state index contributed by atoms with van der Waals surface area (Å²) in [7, 11) is -2.18. The van der Waals surface area contributed by atoms with Gasteiger partial charge in [0.25, 0.3) is 5.91 Å². The second-order valence-electron chi connectivity index (χ2n) is 14.7. The minimum Gasteiger partial charge on any atom is -0.508 e. The van der Waals surface area contributed by atoms with Gasteiger partial charge in [0.05, 0.1) is 11.8 Å². The topological polar surface area (TPSA) is 120 Å². The fraction of sp³-hybridized carbons (Fsp3) is 0.444. The van der Waals surface area contributed by atoms with E-state index in [1.165, 1.54) is 0 Å². The predicted octanol–water partition coefficient (Wildman–Crippen LogP) is 7.05. The quantitative estimate of drug-likeness (QED) is 0.0738. The summed E-state index contributed by atoms with van der Waals surface area (Å²) < 4.78 is 6.86. The van der Waals surface area contributed by atoms with E-state index < -0.39 is 8.32 Å². The van der Waals surface area contributed by atoms with Gasteiger partial charge in [0.15, 0.2) is 8.32 Å². The highest BCUT2D eigenvalue weighted by Gasteiger charge is 2.40. The fourth-order valence-electron chi connectivity index (χ4n) is 4.88. The molecule has 0 aromatic heterocycles. The van der Waals surface area contributed by atoms with Gasteiger partial charge in [-0.2, -0.15) is 0 Å².